The second-order valence-electron chi connectivity index (χ2n) is 4.37. The predicted molar refractivity (Wildman–Crippen MR) is 77.2 cm³/mol. The molecule has 112 valence electrons. The monoisotopic (exact) mass is 312 g/mol. The average molecular weight is 312 g/mol. The van der Waals surface area contributed by atoms with E-state index in [1.165, 1.54) is 23.9 Å². The van der Waals surface area contributed by atoms with Gasteiger partial charge in [0.05, 0.1) is 5.56 Å². The smallest absolute Gasteiger partial charge is 0.313 e. The Morgan fingerprint density at radius 1 is 1.19 bits per heavy atom. The van der Waals surface area contributed by atoms with Gasteiger partial charge in [0.25, 0.3) is 0 Å². The first-order valence-corrected chi connectivity index (χ1v) is 7.32. The van der Waals surface area contributed by atoms with Crippen molar-refractivity contribution in [3.8, 4) is 0 Å². The van der Waals surface area contributed by atoms with E-state index in [1.807, 2.05) is 6.92 Å². The van der Waals surface area contributed by atoms with Gasteiger partial charge >= 0.3 is 6.18 Å². The van der Waals surface area contributed by atoms with E-state index in [0.717, 1.165) is 0 Å². The van der Waals surface area contributed by atoms with Crippen LogP contribution in [0.2, 0.25) is 0 Å². The lowest BCUT2D eigenvalue weighted by Gasteiger charge is -2.14. The lowest BCUT2D eigenvalue weighted by molar-refractivity contribution is -0.138. The molecule has 0 aliphatic rings. The van der Waals surface area contributed by atoms with E-state index >= 15 is 0 Å². The van der Waals surface area contributed by atoms with Gasteiger partial charge in [0.2, 0.25) is 0 Å². The van der Waals surface area contributed by atoms with Gasteiger partial charge in [-0.1, -0.05) is 30.8 Å². The zero-order chi connectivity index (χ0) is 15.3. The molecule has 2 nitrogen and oxygen atoms in total. The van der Waals surface area contributed by atoms with E-state index in [2.05, 4.69) is 10.3 Å². The maximum atomic E-state index is 13.1. The molecule has 0 fully saturated rings. The Hall–Kier alpha value is -1.53. The Bertz CT molecular complexity index is 585. The highest BCUT2D eigenvalue weighted by molar-refractivity contribution is 7.99. The summed E-state index contributed by atoms with van der Waals surface area (Å²) in [6.45, 7) is 2.69. The molecule has 1 aromatic heterocycles. The molecule has 0 aliphatic heterocycles. The first kappa shape index (κ1) is 15.9. The molecule has 0 radical (unpaired) electrons. The highest BCUT2D eigenvalue weighted by Gasteiger charge is 2.33. The molecule has 1 heterocycles. The zero-order valence-corrected chi connectivity index (χ0v) is 12.3. The molecule has 0 atom stereocenters. The first-order chi connectivity index (χ1) is 10.0. The Morgan fingerprint density at radius 3 is 2.62 bits per heavy atom. The third kappa shape index (κ3) is 4.47. The normalized spacial score (nSPS) is 11.6. The van der Waals surface area contributed by atoms with Crippen molar-refractivity contribution in [1.82, 2.24) is 10.3 Å². The molecule has 0 unspecified atom stereocenters. The van der Waals surface area contributed by atoms with Gasteiger partial charge in [-0.05, 0) is 36.4 Å². The van der Waals surface area contributed by atoms with Crippen molar-refractivity contribution in [3.63, 3.8) is 0 Å². The summed E-state index contributed by atoms with van der Waals surface area (Å²) < 4.78 is 39.4. The molecular weight excluding hydrogens is 297 g/mol. The first-order valence-electron chi connectivity index (χ1n) is 6.50. The summed E-state index contributed by atoms with van der Waals surface area (Å²) in [4.78, 5) is 4.64. The fraction of sp³-hybridized carbons (Fsp3) is 0.267. The number of aromatic nitrogens is 1. The second-order valence-corrected chi connectivity index (χ2v) is 5.46. The summed E-state index contributed by atoms with van der Waals surface area (Å²) in [5.41, 5.74) is -0.334. The van der Waals surface area contributed by atoms with Crippen LogP contribution in [0.1, 0.15) is 18.1 Å². The quantitative estimate of drug-likeness (QED) is 0.888. The standard InChI is InChI=1S/C15H15F3N2S/c1-2-19-10-11-6-7-12(9-13(11)15(16,17)18)21-14-5-3-4-8-20-14/h3-9,19H,2,10H2,1H3. The molecular formula is C15H15F3N2S. The molecule has 1 N–H and O–H groups in total. The fourth-order valence-electron chi connectivity index (χ4n) is 1.82. The molecule has 0 bridgehead atoms. The van der Waals surface area contributed by atoms with E-state index in [1.54, 1.807) is 30.5 Å². The number of hydrogen-bond acceptors (Lipinski definition) is 3. The molecule has 1 aromatic carbocycles. The Morgan fingerprint density at radius 2 is 2.00 bits per heavy atom. The van der Waals surface area contributed by atoms with Crippen LogP contribution >= 0.6 is 11.8 Å². The number of nitrogens with zero attached hydrogens (tertiary/aromatic N) is 1. The molecule has 0 saturated heterocycles. The summed E-state index contributed by atoms with van der Waals surface area (Å²) >= 11 is 1.22. The van der Waals surface area contributed by atoms with Crippen LogP contribution in [0.15, 0.2) is 52.5 Å². The molecule has 6 heteroatoms. The van der Waals surface area contributed by atoms with Crippen LogP contribution in [0.4, 0.5) is 13.2 Å². The van der Waals surface area contributed by atoms with Gasteiger partial charge in [0.1, 0.15) is 5.03 Å². The Kier molecular flexibility index (Phi) is 5.25. The van der Waals surface area contributed by atoms with E-state index in [0.29, 0.717) is 16.5 Å². The van der Waals surface area contributed by atoms with Gasteiger partial charge in [-0.2, -0.15) is 13.2 Å². The molecule has 0 saturated carbocycles. The van der Waals surface area contributed by atoms with Crippen molar-refractivity contribution < 1.29 is 13.2 Å². The predicted octanol–water partition coefficient (Wildman–Crippen LogP) is 4.36. The molecule has 2 aromatic rings. The molecule has 2 rings (SSSR count). The number of nitrogens with one attached hydrogen (secondary N) is 1. The molecule has 0 amide bonds. The largest absolute Gasteiger partial charge is 0.416 e. The average Bonchev–Trinajstić information content (AvgIpc) is 2.46. The van der Waals surface area contributed by atoms with Crippen LogP contribution in [0, 0.1) is 0 Å². The maximum absolute atomic E-state index is 13.1. The van der Waals surface area contributed by atoms with Gasteiger partial charge in [0.15, 0.2) is 0 Å². The second kappa shape index (κ2) is 6.95. The molecule has 21 heavy (non-hydrogen) atoms. The van der Waals surface area contributed by atoms with Crippen LogP contribution < -0.4 is 5.32 Å². The van der Waals surface area contributed by atoms with Crippen LogP contribution in [0.5, 0.6) is 0 Å². The van der Waals surface area contributed by atoms with Crippen LogP contribution in [-0.2, 0) is 12.7 Å². The SMILES string of the molecule is CCNCc1ccc(Sc2ccccn2)cc1C(F)(F)F. The van der Waals surface area contributed by atoms with Crippen molar-refractivity contribution in [2.45, 2.75) is 29.6 Å². The molecule has 0 spiro atoms. The van der Waals surface area contributed by atoms with Crippen molar-refractivity contribution in [2.75, 3.05) is 6.54 Å². The maximum Gasteiger partial charge on any atom is 0.416 e. The van der Waals surface area contributed by atoms with Gasteiger partial charge in [-0.15, -0.1) is 0 Å². The third-order valence-electron chi connectivity index (χ3n) is 2.81. The van der Waals surface area contributed by atoms with Gasteiger partial charge < -0.3 is 5.32 Å². The van der Waals surface area contributed by atoms with Crippen LogP contribution in [0.3, 0.4) is 0 Å². The highest BCUT2D eigenvalue weighted by Crippen LogP contribution is 2.36. The van der Waals surface area contributed by atoms with E-state index in [9.17, 15) is 13.2 Å². The zero-order valence-electron chi connectivity index (χ0n) is 11.4. The summed E-state index contributed by atoms with van der Waals surface area (Å²) in [7, 11) is 0. The van der Waals surface area contributed by atoms with Crippen molar-refractivity contribution in [3.05, 3.63) is 53.7 Å². The van der Waals surface area contributed by atoms with E-state index in [4.69, 9.17) is 0 Å². The van der Waals surface area contributed by atoms with E-state index < -0.39 is 11.7 Å². The third-order valence-corrected chi connectivity index (χ3v) is 3.75. The summed E-state index contributed by atoms with van der Waals surface area (Å²) in [6, 6.07) is 9.75. The Labute approximate surface area is 125 Å². The van der Waals surface area contributed by atoms with Crippen LogP contribution in [-0.4, -0.2) is 11.5 Å². The van der Waals surface area contributed by atoms with Crippen LogP contribution in [0.25, 0.3) is 0 Å². The highest BCUT2D eigenvalue weighted by atomic mass is 32.2. The molecule has 0 aliphatic carbocycles. The minimum absolute atomic E-state index is 0.208. The minimum Gasteiger partial charge on any atom is -0.313 e. The summed E-state index contributed by atoms with van der Waals surface area (Å²) in [5, 5.41) is 3.60. The number of rotatable bonds is 5. The number of hydrogen-bond donors (Lipinski definition) is 1. The number of halogens is 3. The van der Waals surface area contributed by atoms with Gasteiger partial charge in [-0.25, -0.2) is 4.98 Å². The number of pyridine rings is 1. The minimum atomic E-state index is -4.36. The summed E-state index contributed by atoms with van der Waals surface area (Å²) in [6.07, 6.45) is -2.74. The van der Waals surface area contributed by atoms with Crippen molar-refractivity contribution >= 4 is 11.8 Å². The summed E-state index contributed by atoms with van der Waals surface area (Å²) in [5.74, 6) is 0. The lowest BCUT2D eigenvalue weighted by Crippen LogP contribution is -2.17. The number of alkyl halides is 3. The van der Waals surface area contributed by atoms with E-state index in [-0.39, 0.29) is 12.1 Å². The van der Waals surface area contributed by atoms with Crippen molar-refractivity contribution in [2.24, 2.45) is 0 Å². The Balaban J connectivity index is 2.28. The van der Waals surface area contributed by atoms with Gasteiger partial charge in [-0.3, -0.25) is 0 Å². The topological polar surface area (TPSA) is 24.9 Å². The number of benzene rings is 1. The van der Waals surface area contributed by atoms with Crippen molar-refractivity contribution in [1.29, 1.82) is 0 Å². The lowest BCUT2D eigenvalue weighted by atomic mass is 10.1. The fourth-order valence-corrected chi connectivity index (χ4v) is 2.64. The van der Waals surface area contributed by atoms with Gasteiger partial charge in [0, 0.05) is 17.6 Å².